The van der Waals surface area contributed by atoms with Gasteiger partial charge in [0.05, 0.1) is 6.04 Å². The van der Waals surface area contributed by atoms with Gasteiger partial charge in [0, 0.05) is 19.0 Å². The molecule has 7 N–H and O–H groups in total. The number of hydrogen-bond donors (Lipinski definition) is 5. The van der Waals surface area contributed by atoms with Crippen molar-refractivity contribution in [2.45, 2.75) is 58.4 Å². The molecule has 0 amide bonds. The Morgan fingerprint density at radius 1 is 0.966 bits per heavy atom. The van der Waals surface area contributed by atoms with E-state index in [0.717, 1.165) is 51.6 Å². The van der Waals surface area contributed by atoms with E-state index in [1.54, 1.807) is 13.8 Å². The molecule has 8 nitrogen and oxygen atoms in total. The fourth-order valence-corrected chi connectivity index (χ4v) is 3.88. The number of carbonyl (C=O) groups excluding carboxylic acids is 2. The molecule has 0 bridgehead atoms. The van der Waals surface area contributed by atoms with Crippen molar-refractivity contribution in [2.24, 2.45) is 23.5 Å². The van der Waals surface area contributed by atoms with Crippen LogP contribution in [0.2, 0.25) is 0 Å². The second kappa shape index (κ2) is 16.0. The number of hydrogen-bond acceptors (Lipinski definition) is 6. The second-order valence-electron chi connectivity index (χ2n) is 7.09. The molecule has 0 aromatic carbocycles. The maximum atomic E-state index is 11.2. The molecule has 0 aromatic heterocycles. The Balaban J connectivity index is 0. The zero-order chi connectivity index (χ0) is 20.4. The lowest BCUT2D eigenvalue weighted by atomic mass is 9.80. The first-order valence-electron chi connectivity index (χ1n) is 9.32. The number of ketones is 2. The lowest BCUT2D eigenvalue weighted by Gasteiger charge is -2.27. The summed E-state index contributed by atoms with van der Waals surface area (Å²) in [6.45, 7) is 4.96. The van der Waals surface area contributed by atoms with E-state index in [2.05, 4.69) is 16.2 Å². The van der Waals surface area contributed by atoms with E-state index >= 15 is 0 Å². The van der Waals surface area contributed by atoms with Gasteiger partial charge in [0.25, 0.3) is 0 Å². The van der Waals surface area contributed by atoms with Crippen LogP contribution in [0.1, 0.15) is 52.4 Å². The molecular weight excluding hydrogens is 455 g/mol. The van der Waals surface area contributed by atoms with Gasteiger partial charge < -0.3 is 21.1 Å². The molecule has 1 heterocycles. The topological polar surface area (TPSA) is 126 Å². The monoisotopic (exact) mass is 488 g/mol. The van der Waals surface area contributed by atoms with E-state index < -0.39 is 0 Å². The van der Waals surface area contributed by atoms with Gasteiger partial charge in [-0.1, -0.05) is 0 Å². The van der Waals surface area contributed by atoms with E-state index in [4.69, 9.17) is 36.1 Å². The first kappa shape index (κ1) is 30.4. The molecule has 1 saturated heterocycles. The lowest BCUT2D eigenvalue weighted by Crippen LogP contribution is -2.47. The van der Waals surface area contributed by atoms with Crippen molar-refractivity contribution in [3.05, 3.63) is 0 Å². The standard InChI is InChI=1S/C10H19N3OS.C7H13N3OS.2ClH/c1-7(14)9-4-2-8(3-5-9)6-12-10(15)13-11;1-5(11)6-3-2-4-10(6)7(12)9-8;;/h8-9H,2-6,11H2,1H3,(H2,12,13,15);6H,2-4,8H2,1H3,(H,9,12);2*1H. The van der Waals surface area contributed by atoms with Crippen LogP contribution in [-0.2, 0) is 9.59 Å². The predicted octanol–water partition coefficient (Wildman–Crippen LogP) is 1.35. The van der Waals surface area contributed by atoms with Crippen LogP contribution < -0.4 is 27.9 Å². The number of likely N-dealkylation sites (tertiary alicyclic amines) is 1. The number of thiocarbonyl (C=S) groups is 2. The average molecular weight is 490 g/mol. The van der Waals surface area contributed by atoms with Crippen LogP contribution in [0.5, 0.6) is 0 Å². The second-order valence-corrected chi connectivity index (χ2v) is 7.89. The third-order valence-electron chi connectivity index (χ3n) is 5.21. The van der Waals surface area contributed by atoms with Gasteiger partial charge in [-0.2, -0.15) is 0 Å². The molecule has 2 fully saturated rings. The molecule has 1 unspecified atom stereocenters. The van der Waals surface area contributed by atoms with Crippen molar-refractivity contribution in [2.75, 3.05) is 13.1 Å². The maximum Gasteiger partial charge on any atom is 0.183 e. The largest absolute Gasteiger partial charge is 0.361 e. The third-order valence-corrected chi connectivity index (χ3v) is 5.83. The Morgan fingerprint density at radius 3 is 2.00 bits per heavy atom. The highest BCUT2D eigenvalue weighted by molar-refractivity contribution is 7.80. The van der Waals surface area contributed by atoms with Gasteiger partial charge in [0.2, 0.25) is 0 Å². The summed E-state index contributed by atoms with van der Waals surface area (Å²) in [5.74, 6) is 11.7. The van der Waals surface area contributed by atoms with E-state index in [1.165, 1.54) is 0 Å². The average Bonchev–Trinajstić information content (AvgIpc) is 3.16. The van der Waals surface area contributed by atoms with Crippen molar-refractivity contribution in [1.82, 2.24) is 21.1 Å². The van der Waals surface area contributed by atoms with Crippen LogP contribution in [0.15, 0.2) is 0 Å². The van der Waals surface area contributed by atoms with Gasteiger partial charge in [-0.3, -0.25) is 9.59 Å². The first-order chi connectivity index (χ1) is 12.8. The van der Waals surface area contributed by atoms with E-state index in [0.29, 0.717) is 27.8 Å². The quantitative estimate of drug-likeness (QED) is 0.224. The van der Waals surface area contributed by atoms with Crippen molar-refractivity contribution < 1.29 is 9.59 Å². The summed E-state index contributed by atoms with van der Waals surface area (Å²) in [5, 5.41) is 4.01. The summed E-state index contributed by atoms with van der Waals surface area (Å²) >= 11 is 9.84. The van der Waals surface area contributed by atoms with Gasteiger partial charge >= 0.3 is 0 Å². The van der Waals surface area contributed by atoms with Gasteiger partial charge in [-0.15, -0.1) is 24.8 Å². The molecule has 1 aliphatic carbocycles. The highest BCUT2D eigenvalue weighted by Gasteiger charge is 2.29. The molecule has 29 heavy (non-hydrogen) atoms. The van der Waals surface area contributed by atoms with Crippen molar-refractivity contribution in [1.29, 1.82) is 0 Å². The van der Waals surface area contributed by atoms with Gasteiger partial charge in [0.15, 0.2) is 16.0 Å². The van der Waals surface area contributed by atoms with E-state index in [9.17, 15) is 9.59 Å². The minimum Gasteiger partial charge on any atom is -0.361 e. The summed E-state index contributed by atoms with van der Waals surface area (Å²) < 4.78 is 0. The Morgan fingerprint density at radius 2 is 1.55 bits per heavy atom. The Bertz CT molecular complexity index is 548. The SMILES string of the molecule is CC(=O)C1CCC(CNC(=S)NN)CC1.CC(=O)C1CCCN1C(=S)NN.Cl.Cl. The molecule has 12 heteroatoms. The highest BCUT2D eigenvalue weighted by Crippen LogP contribution is 2.28. The highest BCUT2D eigenvalue weighted by atomic mass is 35.5. The van der Waals surface area contributed by atoms with Crippen molar-refractivity contribution in [3.8, 4) is 0 Å². The molecular formula is C17H34Cl2N6O2S2. The number of carbonyl (C=O) groups is 2. The van der Waals surface area contributed by atoms with Gasteiger partial charge in [0.1, 0.15) is 5.78 Å². The zero-order valence-electron chi connectivity index (χ0n) is 16.9. The van der Waals surface area contributed by atoms with Gasteiger partial charge in [-0.25, -0.2) is 11.7 Å². The minimum atomic E-state index is -0.0615. The van der Waals surface area contributed by atoms with Crippen LogP contribution in [0.25, 0.3) is 0 Å². The molecule has 1 aliphatic heterocycles. The molecule has 170 valence electrons. The zero-order valence-corrected chi connectivity index (χ0v) is 20.2. The molecule has 2 aliphatic rings. The molecule has 2 rings (SSSR count). The molecule has 1 saturated carbocycles. The Labute approximate surface area is 196 Å². The summed E-state index contributed by atoms with van der Waals surface area (Å²) in [6, 6.07) is -0.0615. The number of nitrogens with zero attached hydrogens (tertiary/aromatic N) is 1. The predicted molar refractivity (Wildman–Crippen MR) is 129 cm³/mol. The molecule has 0 radical (unpaired) electrons. The van der Waals surface area contributed by atoms with Crippen LogP contribution in [0.4, 0.5) is 0 Å². The van der Waals surface area contributed by atoms with Crippen LogP contribution in [-0.4, -0.2) is 45.8 Å². The van der Waals surface area contributed by atoms with Crippen LogP contribution >= 0.6 is 49.2 Å². The van der Waals surface area contributed by atoms with Crippen LogP contribution in [0.3, 0.4) is 0 Å². The van der Waals surface area contributed by atoms with E-state index in [1.807, 2.05) is 4.90 Å². The maximum absolute atomic E-state index is 11.2. The number of rotatable bonds is 4. The Hall–Kier alpha value is -0.780. The number of Topliss-reactive ketones (excluding diaryl/α,β-unsaturated/α-hetero) is 2. The van der Waals surface area contributed by atoms with Crippen molar-refractivity contribution in [3.63, 3.8) is 0 Å². The summed E-state index contributed by atoms with van der Waals surface area (Å²) in [6.07, 6.45) is 6.13. The lowest BCUT2D eigenvalue weighted by molar-refractivity contribution is -0.122. The number of nitrogens with one attached hydrogen (secondary N) is 3. The molecule has 0 spiro atoms. The fraction of sp³-hybridized carbons (Fsp3) is 0.765. The summed E-state index contributed by atoms with van der Waals surface area (Å²) in [5.41, 5.74) is 4.79. The number of hydrazine groups is 2. The summed E-state index contributed by atoms with van der Waals surface area (Å²) in [4.78, 5) is 24.1. The van der Waals surface area contributed by atoms with Crippen LogP contribution in [0, 0.1) is 11.8 Å². The number of halogens is 2. The Kier molecular flexibility index (Phi) is 16.8. The van der Waals surface area contributed by atoms with E-state index in [-0.39, 0.29) is 36.6 Å². The minimum absolute atomic E-state index is 0. The smallest absolute Gasteiger partial charge is 0.183 e. The van der Waals surface area contributed by atoms with Gasteiger partial charge in [-0.05, 0) is 82.7 Å². The fourth-order valence-electron chi connectivity index (χ4n) is 3.58. The normalized spacial score (nSPS) is 22.6. The number of nitrogens with two attached hydrogens (primary N) is 2. The first-order valence-corrected chi connectivity index (χ1v) is 10.1. The third kappa shape index (κ3) is 10.7. The van der Waals surface area contributed by atoms with Crippen molar-refractivity contribution >= 4 is 71.0 Å². The summed E-state index contributed by atoms with van der Waals surface area (Å²) in [7, 11) is 0. The molecule has 1 atom stereocenters. The molecule has 0 aromatic rings.